The number of nitrogens with zero attached hydrogens (tertiary/aromatic N) is 1. The topological polar surface area (TPSA) is 55.8 Å². The summed E-state index contributed by atoms with van der Waals surface area (Å²) in [6.07, 6.45) is 2.31. The smallest absolute Gasteiger partial charge is 0.410 e. The van der Waals surface area contributed by atoms with Gasteiger partial charge in [-0.1, -0.05) is 0 Å². The summed E-state index contributed by atoms with van der Waals surface area (Å²) >= 11 is 0. The number of ether oxygens (including phenoxy) is 2. The monoisotopic (exact) mass is 255 g/mol. The predicted octanol–water partition coefficient (Wildman–Crippen LogP) is 1.60. The van der Waals surface area contributed by atoms with Crippen molar-refractivity contribution in [1.29, 1.82) is 0 Å². The molecular formula is C13H21NO4. The molecule has 0 bridgehead atoms. The van der Waals surface area contributed by atoms with Crippen LogP contribution in [0.25, 0.3) is 0 Å². The van der Waals surface area contributed by atoms with Crippen LogP contribution in [0.3, 0.4) is 0 Å². The molecule has 18 heavy (non-hydrogen) atoms. The molecule has 1 amide bonds. The Morgan fingerprint density at radius 2 is 2.11 bits per heavy atom. The molecule has 0 aromatic rings. The van der Waals surface area contributed by atoms with Gasteiger partial charge in [0.15, 0.2) is 0 Å². The lowest BCUT2D eigenvalue weighted by molar-refractivity contribution is -0.118. The molecule has 0 aromatic carbocycles. The van der Waals surface area contributed by atoms with E-state index in [0.717, 1.165) is 19.1 Å². The van der Waals surface area contributed by atoms with Gasteiger partial charge < -0.3 is 14.3 Å². The van der Waals surface area contributed by atoms with E-state index in [0.29, 0.717) is 19.8 Å². The summed E-state index contributed by atoms with van der Waals surface area (Å²) in [5.41, 5.74) is -0.908. The molecule has 1 atom stereocenters. The van der Waals surface area contributed by atoms with Gasteiger partial charge in [0.05, 0.1) is 19.3 Å². The Kier molecular flexibility index (Phi) is 3.36. The van der Waals surface area contributed by atoms with Crippen molar-refractivity contribution in [2.75, 3.05) is 19.8 Å². The van der Waals surface area contributed by atoms with E-state index in [1.807, 2.05) is 20.8 Å². The molecule has 1 aliphatic carbocycles. The second-order valence-corrected chi connectivity index (χ2v) is 6.12. The van der Waals surface area contributed by atoms with Crippen LogP contribution in [0.5, 0.6) is 0 Å². The van der Waals surface area contributed by atoms with Crippen LogP contribution in [-0.4, -0.2) is 48.7 Å². The predicted molar refractivity (Wildman–Crippen MR) is 65.3 cm³/mol. The Balaban J connectivity index is 2.08. The fourth-order valence-corrected chi connectivity index (χ4v) is 2.29. The maximum absolute atomic E-state index is 12.1. The van der Waals surface area contributed by atoms with Gasteiger partial charge in [-0.3, -0.25) is 4.90 Å². The minimum Gasteiger partial charge on any atom is -0.444 e. The van der Waals surface area contributed by atoms with Gasteiger partial charge >= 0.3 is 6.09 Å². The highest BCUT2D eigenvalue weighted by Crippen LogP contribution is 2.49. The fourth-order valence-electron chi connectivity index (χ4n) is 2.29. The van der Waals surface area contributed by atoms with Crippen molar-refractivity contribution in [3.8, 4) is 0 Å². The summed E-state index contributed by atoms with van der Waals surface area (Å²) in [4.78, 5) is 25.0. The average molecular weight is 255 g/mol. The molecule has 0 spiro atoms. The van der Waals surface area contributed by atoms with Crippen LogP contribution in [0.4, 0.5) is 4.79 Å². The van der Waals surface area contributed by atoms with Crippen molar-refractivity contribution in [1.82, 2.24) is 4.90 Å². The third kappa shape index (κ3) is 2.66. The second-order valence-electron chi connectivity index (χ2n) is 6.12. The van der Waals surface area contributed by atoms with E-state index in [1.165, 1.54) is 0 Å². The van der Waals surface area contributed by atoms with Crippen LogP contribution >= 0.6 is 0 Å². The summed E-state index contributed by atoms with van der Waals surface area (Å²) in [6.45, 7) is 6.95. The van der Waals surface area contributed by atoms with Crippen LogP contribution in [0, 0.1) is 5.41 Å². The molecule has 2 fully saturated rings. The lowest BCUT2D eigenvalue weighted by atomic mass is 9.96. The molecule has 0 N–H and O–H groups in total. The molecule has 0 aromatic heterocycles. The van der Waals surface area contributed by atoms with E-state index in [2.05, 4.69) is 0 Å². The summed E-state index contributed by atoms with van der Waals surface area (Å²) in [5, 5.41) is 0. The van der Waals surface area contributed by atoms with Crippen LogP contribution in [-0.2, 0) is 14.3 Å². The van der Waals surface area contributed by atoms with Crippen LogP contribution in [0.15, 0.2) is 0 Å². The van der Waals surface area contributed by atoms with Crippen molar-refractivity contribution < 1.29 is 19.1 Å². The summed E-state index contributed by atoms with van der Waals surface area (Å²) in [6, 6.07) is -0.168. The molecule has 2 aliphatic rings. The first-order valence-corrected chi connectivity index (χ1v) is 6.42. The fraction of sp³-hybridized carbons (Fsp3) is 0.846. The largest absolute Gasteiger partial charge is 0.444 e. The molecule has 2 rings (SSSR count). The molecule has 1 saturated heterocycles. The van der Waals surface area contributed by atoms with Crippen molar-refractivity contribution in [3.05, 3.63) is 0 Å². The number of hydrogen-bond acceptors (Lipinski definition) is 4. The summed E-state index contributed by atoms with van der Waals surface area (Å²) < 4.78 is 10.8. The first-order chi connectivity index (χ1) is 8.38. The van der Waals surface area contributed by atoms with Crippen LogP contribution in [0.1, 0.15) is 33.6 Å². The molecule has 102 valence electrons. The zero-order chi connectivity index (χ0) is 13.4. The van der Waals surface area contributed by atoms with Gasteiger partial charge in [-0.2, -0.15) is 0 Å². The number of carbonyl (C=O) groups excluding carboxylic acids is 2. The minimum absolute atomic E-state index is 0.168. The Labute approximate surface area is 107 Å². The number of amides is 1. The van der Waals surface area contributed by atoms with Gasteiger partial charge in [0.25, 0.3) is 0 Å². The van der Waals surface area contributed by atoms with Gasteiger partial charge in [-0.15, -0.1) is 0 Å². The maximum Gasteiger partial charge on any atom is 0.410 e. The van der Waals surface area contributed by atoms with Crippen molar-refractivity contribution in [3.63, 3.8) is 0 Å². The summed E-state index contributed by atoms with van der Waals surface area (Å²) in [7, 11) is 0. The number of hydrogen-bond donors (Lipinski definition) is 0. The minimum atomic E-state index is -0.516. The highest BCUT2D eigenvalue weighted by atomic mass is 16.6. The SMILES string of the molecule is CC(C)(C)OC(=O)N1CCOCC1C1(C=O)CC1. The Morgan fingerprint density at radius 1 is 1.44 bits per heavy atom. The Hall–Kier alpha value is -1.10. The van der Waals surface area contributed by atoms with Gasteiger partial charge in [0, 0.05) is 12.0 Å². The molecule has 5 nitrogen and oxygen atoms in total. The molecule has 5 heteroatoms. The first kappa shape index (κ1) is 13.3. The van der Waals surface area contributed by atoms with Gasteiger partial charge in [-0.25, -0.2) is 4.79 Å². The zero-order valence-electron chi connectivity index (χ0n) is 11.3. The quantitative estimate of drug-likeness (QED) is 0.703. The first-order valence-electron chi connectivity index (χ1n) is 6.42. The Bertz CT molecular complexity index is 343. The molecular weight excluding hydrogens is 234 g/mol. The van der Waals surface area contributed by atoms with Crippen LogP contribution in [0.2, 0.25) is 0 Å². The third-order valence-corrected chi connectivity index (χ3v) is 3.48. The van der Waals surface area contributed by atoms with Crippen molar-refractivity contribution in [2.24, 2.45) is 5.41 Å². The number of rotatable bonds is 2. The third-order valence-electron chi connectivity index (χ3n) is 3.48. The average Bonchev–Trinajstić information content (AvgIpc) is 3.07. The molecule has 1 unspecified atom stereocenters. The van der Waals surface area contributed by atoms with Gasteiger partial charge in [0.2, 0.25) is 0 Å². The highest BCUT2D eigenvalue weighted by Gasteiger charge is 2.54. The van der Waals surface area contributed by atoms with E-state index < -0.39 is 11.0 Å². The summed E-state index contributed by atoms with van der Waals surface area (Å²) in [5.74, 6) is 0. The molecule has 1 aliphatic heterocycles. The number of carbonyl (C=O) groups is 2. The van der Waals surface area contributed by atoms with Crippen molar-refractivity contribution in [2.45, 2.75) is 45.3 Å². The lowest BCUT2D eigenvalue weighted by Crippen LogP contribution is -2.54. The van der Waals surface area contributed by atoms with E-state index in [9.17, 15) is 9.59 Å². The Morgan fingerprint density at radius 3 is 2.61 bits per heavy atom. The number of morpholine rings is 1. The lowest BCUT2D eigenvalue weighted by Gasteiger charge is -2.39. The van der Waals surface area contributed by atoms with E-state index in [1.54, 1.807) is 4.90 Å². The highest BCUT2D eigenvalue weighted by molar-refractivity contribution is 5.72. The normalized spacial score (nSPS) is 26.6. The van der Waals surface area contributed by atoms with Crippen molar-refractivity contribution >= 4 is 12.4 Å². The van der Waals surface area contributed by atoms with E-state index in [4.69, 9.17) is 9.47 Å². The molecule has 1 heterocycles. The van der Waals surface area contributed by atoms with Gasteiger partial charge in [0.1, 0.15) is 11.9 Å². The van der Waals surface area contributed by atoms with E-state index >= 15 is 0 Å². The molecule has 1 saturated carbocycles. The van der Waals surface area contributed by atoms with E-state index in [-0.39, 0.29) is 12.1 Å². The van der Waals surface area contributed by atoms with Crippen LogP contribution < -0.4 is 0 Å². The standard InChI is InChI=1S/C13H21NO4/c1-12(2,3)18-11(16)14-6-7-17-8-10(14)13(9-15)4-5-13/h9-10H,4-8H2,1-3H3. The maximum atomic E-state index is 12.1. The number of aldehydes is 1. The zero-order valence-corrected chi connectivity index (χ0v) is 11.3. The second kappa shape index (κ2) is 4.53. The van der Waals surface area contributed by atoms with Gasteiger partial charge in [-0.05, 0) is 33.6 Å². The molecule has 0 radical (unpaired) electrons.